The fourth-order valence-corrected chi connectivity index (χ4v) is 2.61. The number of rotatable bonds is 3. The van der Waals surface area contributed by atoms with Crippen molar-refractivity contribution in [3.63, 3.8) is 0 Å². The van der Waals surface area contributed by atoms with Crippen molar-refractivity contribution in [3.8, 4) is 11.3 Å². The van der Waals surface area contributed by atoms with E-state index in [9.17, 15) is 5.11 Å². The number of thiazole rings is 1. The first-order chi connectivity index (χ1) is 8.78. The minimum Gasteiger partial charge on any atom is -0.458 e. The molecule has 0 saturated heterocycles. The molecule has 0 spiro atoms. The summed E-state index contributed by atoms with van der Waals surface area (Å²) >= 11 is 1.61. The predicted octanol–water partition coefficient (Wildman–Crippen LogP) is 4.00. The summed E-state index contributed by atoms with van der Waals surface area (Å²) in [5.74, 6) is 1.41. The molecule has 1 atom stereocenters. The van der Waals surface area contributed by atoms with Crippen molar-refractivity contribution in [2.45, 2.75) is 19.4 Å². The molecular weight excluding hydrogens is 246 g/mol. The number of aliphatic hydroxyl groups is 1. The van der Waals surface area contributed by atoms with E-state index in [0.29, 0.717) is 12.2 Å². The molecule has 92 valence electrons. The van der Waals surface area contributed by atoms with Gasteiger partial charge in [0.2, 0.25) is 0 Å². The molecule has 0 bridgehead atoms. The van der Waals surface area contributed by atoms with E-state index in [2.05, 4.69) is 11.1 Å². The van der Waals surface area contributed by atoms with Crippen LogP contribution in [-0.2, 0) is 0 Å². The first-order valence-electron chi connectivity index (χ1n) is 5.89. The van der Waals surface area contributed by atoms with E-state index in [1.165, 1.54) is 0 Å². The number of nitrogens with zero attached hydrogens (tertiary/aromatic N) is 1. The standard InChI is InChI=1S/C14H13NO2S/c1-2-11(16)13-6-5-12(17-13)9-3-4-10-14(7-9)18-8-15-10/h3-8,11,16H,2H2,1H3. The highest BCUT2D eigenvalue weighted by Gasteiger charge is 2.11. The van der Waals surface area contributed by atoms with E-state index < -0.39 is 6.10 Å². The summed E-state index contributed by atoms with van der Waals surface area (Å²) in [6.45, 7) is 1.93. The third kappa shape index (κ3) is 1.94. The topological polar surface area (TPSA) is 46.3 Å². The second-order valence-electron chi connectivity index (χ2n) is 4.16. The summed E-state index contributed by atoms with van der Waals surface area (Å²) in [5, 5.41) is 9.73. The molecular formula is C14H13NO2S. The summed E-state index contributed by atoms with van der Waals surface area (Å²) in [4.78, 5) is 4.25. The highest BCUT2D eigenvalue weighted by molar-refractivity contribution is 7.16. The Morgan fingerprint density at radius 3 is 3.06 bits per heavy atom. The van der Waals surface area contributed by atoms with Gasteiger partial charge in [0.25, 0.3) is 0 Å². The van der Waals surface area contributed by atoms with Gasteiger partial charge in [0.1, 0.15) is 17.6 Å². The molecule has 3 rings (SSSR count). The predicted molar refractivity (Wildman–Crippen MR) is 72.6 cm³/mol. The summed E-state index contributed by atoms with van der Waals surface area (Å²) in [7, 11) is 0. The Hall–Kier alpha value is -1.65. The van der Waals surface area contributed by atoms with Crippen molar-refractivity contribution in [2.24, 2.45) is 0 Å². The van der Waals surface area contributed by atoms with Crippen LogP contribution in [-0.4, -0.2) is 10.1 Å². The maximum atomic E-state index is 9.73. The summed E-state index contributed by atoms with van der Waals surface area (Å²) in [5.41, 5.74) is 3.86. The van der Waals surface area contributed by atoms with Gasteiger partial charge in [-0.25, -0.2) is 4.98 Å². The van der Waals surface area contributed by atoms with Crippen LogP contribution >= 0.6 is 11.3 Å². The van der Waals surface area contributed by atoms with E-state index in [0.717, 1.165) is 21.5 Å². The van der Waals surface area contributed by atoms with Crippen LogP contribution < -0.4 is 0 Å². The molecule has 18 heavy (non-hydrogen) atoms. The number of aliphatic hydroxyl groups excluding tert-OH is 1. The zero-order valence-electron chi connectivity index (χ0n) is 9.96. The highest BCUT2D eigenvalue weighted by Crippen LogP contribution is 2.29. The molecule has 4 heteroatoms. The van der Waals surface area contributed by atoms with Crippen molar-refractivity contribution in [2.75, 3.05) is 0 Å². The monoisotopic (exact) mass is 259 g/mol. The maximum Gasteiger partial charge on any atom is 0.134 e. The molecule has 0 aliphatic carbocycles. The largest absolute Gasteiger partial charge is 0.458 e. The Labute approximate surface area is 109 Å². The first kappa shape index (κ1) is 11.4. The van der Waals surface area contributed by atoms with Crippen LogP contribution in [0.3, 0.4) is 0 Å². The molecule has 3 nitrogen and oxygen atoms in total. The molecule has 1 N–H and O–H groups in total. The van der Waals surface area contributed by atoms with E-state index in [1.807, 2.05) is 36.7 Å². The van der Waals surface area contributed by atoms with E-state index in [-0.39, 0.29) is 0 Å². The lowest BCUT2D eigenvalue weighted by molar-refractivity contribution is 0.147. The van der Waals surface area contributed by atoms with Crippen molar-refractivity contribution in [3.05, 3.63) is 41.6 Å². The fourth-order valence-electron chi connectivity index (χ4n) is 1.90. The molecule has 1 unspecified atom stereocenters. The molecule has 2 aromatic heterocycles. The van der Waals surface area contributed by atoms with Crippen LogP contribution in [0.5, 0.6) is 0 Å². The lowest BCUT2D eigenvalue weighted by atomic mass is 10.1. The molecule has 0 aliphatic heterocycles. The number of aromatic nitrogens is 1. The van der Waals surface area contributed by atoms with Gasteiger partial charge < -0.3 is 9.52 Å². The average Bonchev–Trinajstić information content (AvgIpc) is 3.05. The van der Waals surface area contributed by atoms with Gasteiger partial charge in [-0.15, -0.1) is 11.3 Å². The third-order valence-corrected chi connectivity index (χ3v) is 3.75. The van der Waals surface area contributed by atoms with Gasteiger partial charge in [-0.2, -0.15) is 0 Å². The highest BCUT2D eigenvalue weighted by atomic mass is 32.1. The Morgan fingerprint density at radius 2 is 2.22 bits per heavy atom. The molecule has 1 aromatic carbocycles. The molecule has 0 amide bonds. The van der Waals surface area contributed by atoms with E-state index in [4.69, 9.17) is 4.42 Å². The Balaban J connectivity index is 2.00. The fraction of sp³-hybridized carbons (Fsp3) is 0.214. The van der Waals surface area contributed by atoms with Gasteiger partial charge in [0.15, 0.2) is 0 Å². The second kappa shape index (κ2) is 4.55. The summed E-state index contributed by atoms with van der Waals surface area (Å²) in [6.07, 6.45) is 0.131. The zero-order valence-corrected chi connectivity index (χ0v) is 10.8. The van der Waals surface area contributed by atoms with Gasteiger partial charge >= 0.3 is 0 Å². The van der Waals surface area contributed by atoms with Crippen molar-refractivity contribution >= 4 is 21.6 Å². The van der Waals surface area contributed by atoms with E-state index in [1.54, 1.807) is 11.3 Å². The van der Waals surface area contributed by atoms with Gasteiger partial charge in [0.05, 0.1) is 15.7 Å². The summed E-state index contributed by atoms with van der Waals surface area (Å²) in [6, 6.07) is 9.77. The third-order valence-electron chi connectivity index (χ3n) is 2.96. The lowest BCUT2D eigenvalue weighted by Gasteiger charge is -2.03. The summed E-state index contributed by atoms with van der Waals surface area (Å²) < 4.78 is 6.82. The van der Waals surface area contributed by atoms with Gasteiger partial charge in [-0.3, -0.25) is 0 Å². The zero-order chi connectivity index (χ0) is 12.5. The van der Waals surface area contributed by atoms with Crippen LogP contribution in [0.2, 0.25) is 0 Å². The lowest BCUT2D eigenvalue weighted by Crippen LogP contribution is -1.91. The van der Waals surface area contributed by atoms with Crippen LogP contribution in [0.1, 0.15) is 25.2 Å². The SMILES string of the molecule is CCC(O)c1ccc(-c2ccc3ncsc3c2)o1. The number of furan rings is 1. The van der Waals surface area contributed by atoms with Crippen LogP contribution in [0.15, 0.2) is 40.3 Å². The number of fused-ring (bicyclic) bond motifs is 1. The second-order valence-corrected chi connectivity index (χ2v) is 5.05. The van der Waals surface area contributed by atoms with Crippen LogP contribution in [0.25, 0.3) is 21.5 Å². The normalized spacial score (nSPS) is 13.0. The molecule has 0 saturated carbocycles. The first-order valence-corrected chi connectivity index (χ1v) is 6.77. The Kier molecular flexibility index (Phi) is 2.89. The van der Waals surface area contributed by atoms with Crippen LogP contribution in [0, 0.1) is 0 Å². The molecule has 2 heterocycles. The Bertz CT molecular complexity index is 671. The molecule has 0 fully saturated rings. The van der Waals surface area contributed by atoms with Crippen molar-refractivity contribution in [1.82, 2.24) is 4.98 Å². The number of hydrogen-bond donors (Lipinski definition) is 1. The molecule has 3 aromatic rings. The van der Waals surface area contributed by atoms with Crippen molar-refractivity contribution in [1.29, 1.82) is 0 Å². The van der Waals surface area contributed by atoms with Gasteiger partial charge in [-0.1, -0.05) is 6.92 Å². The smallest absolute Gasteiger partial charge is 0.134 e. The quantitative estimate of drug-likeness (QED) is 0.773. The van der Waals surface area contributed by atoms with E-state index >= 15 is 0 Å². The number of benzene rings is 1. The molecule has 0 radical (unpaired) electrons. The van der Waals surface area contributed by atoms with Gasteiger partial charge in [0, 0.05) is 5.56 Å². The minimum absolute atomic E-state index is 0.522. The maximum absolute atomic E-state index is 9.73. The van der Waals surface area contributed by atoms with Gasteiger partial charge in [-0.05, 0) is 36.8 Å². The Morgan fingerprint density at radius 1 is 1.33 bits per heavy atom. The van der Waals surface area contributed by atoms with Crippen LogP contribution in [0.4, 0.5) is 0 Å². The van der Waals surface area contributed by atoms with Crippen molar-refractivity contribution < 1.29 is 9.52 Å². The molecule has 0 aliphatic rings. The number of hydrogen-bond acceptors (Lipinski definition) is 4. The minimum atomic E-state index is -0.522. The average molecular weight is 259 g/mol.